The Labute approximate surface area is 169 Å². The van der Waals surface area contributed by atoms with E-state index >= 15 is 0 Å². The molecule has 1 aliphatic rings. The van der Waals surface area contributed by atoms with E-state index in [1.54, 1.807) is 0 Å². The second kappa shape index (κ2) is 8.67. The van der Waals surface area contributed by atoms with Crippen LogP contribution in [0, 0.1) is 5.41 Å². The van der Waals surface area contributed by atoms with Crippen LogP contribution in [0.2, 0.25) is 5.02 Å². The van der Waals surface area contributed by atoms with Crippen LogP contribution in [-0.2, 0) is 19.4 Å². The highest BCUT2D eigenvalue weighted by Gasteiger charge is 2.17. The molecule has 3 heteroatoms. The minimum absolute atomic E-state index is 0.358. The maximum absolute atomic E-state index is 6.53. The molecule has 1 unspecified atom stereocenters. The second-order valence-electron chi connectivity index (χ2n) is 9.07. The molecule has 1 heterocycles. The number of nitrogens with one attached hydrogen (secondary N) is 2. The standard InChI is InChI=1S/C24H33ClN2/c1-17(15-24(2,3)4)19-7-5-18(6-8-19)16-27-23-21-12-14-26-13-11-20(21)9-10-22(23)25/h5-10,17,26-27H,11-16H2,1-4H3. The predicted molar refractivity (Wildman–Crippen MR) is 118 cm³/mol. The normalized spacial score (nSPS) is 15.7. The van der Waals surface area contributed by atoms with Crippen molar-refractivity contribution in [2.45, 2.75) is 59.4 Å². The first-order chi connectivity index (χ1) is 12.8. The third kappa shape index (κ3) is 5.49. The molecule has 2 N–H and O–H groups in total. The molecule has 27 heavy (non-hydrogen) atoms. The quantitative estimate of drug-likeness (QED) is 0.643. The van der Waals surface area contributed by atoms with Crippen molar-refractivity contribution in [2.75, 3.05) is 18.4 Å². The highest BCUT2D eigenvalue weighted by atomic mass is 35.5. The lowest BCUT2D eigenvalue weighted by atomic mass is 9.82. The first-order valence-corrected chi connectivity index (χ1v) is 10.5. The summed E-state index contributed by atoms with van der Waals surface area (Å²) in [5.74, 6) is 0.582. The van der Waals surface area contributed by atoms with Gasteiger partial charge in [-0.2, -0.15) is 0 Å². The number of hydrogen-bond donors (Lipinski definition) is 2. The van der Waals surface area contributed by atoms with Crippen LogP contribution in [0.1, 0.15) is 62.3 Å². The van der Waals surface area contributed by atoms with E-state index in [0.717, 1.165) is 43.2 Å². The molecular formula is C24H33ClN2. The summed E-state index contributed by atoms with van der Waals surface area (Å²) in [6.45, 7) is 12.1. The van der Waals surface area contributed by atoms with Crippen LogP contribution in [0.5, 0.6) is 0 Å². The summed E-state index contributed by atoms with van der Waals surface area (Å²) in [6.07, 6.45) is 3.30. The number of halogens is 1. The van der Waals surface area contributed by atoms with Crippen molar-refractivity contribution in [1.29, 1.82) is 0 Å². The van der Waals surface area contributed by atoms with Crippen LogP contribution in [0.25, 0.3) is 0 Å². The van der Waals surface area contributed by atoms with Crippen molar-refractivity contribution < 1.29 is 0 Å². The molecule has 0 aromatic heterocycles. The fourth-order valence-corrected chi connectivity index (χ4v) is 4.37. The van der Waals surface area contributed by atoms with E-state index < -0.39 is 0 Å². The first kappa shape index (κ1) is 20.2. The molecule has 0 saturated heterocycles. The molecule has 0 bridgehead atoms. The van der Waals surface area contributed by atoms with Gasteiger partial charge in [-0.3, -0.25) is 0 Å². The zero-order valence-corrected chi connectivity index (χ0v) is 17.9. The average Bonchev–Trinajstić information content (AvgIpc) is 2.85. The van der Waals surface area contributed by atoms with Gasteiger partial charge < -0.3 is 10.6 Å². The summed E-state index contributed by atoms with van der Waals surface area (Å²) in [5, 5.41) is 7.91. The summed E-state index contributed by atoms with van der Waals surface area (Å²) in [5.41, 5.74) is 6.98. The van der Waals surface area contributed by atoms with E-state index in [0.29, 0.717) is 11.3 Å². The van der Waals surface area contributed by atoms with E-state index in [1.165, 1.54) is 28.7 Å². The van der Waals surface area contributed by atoms with Crippen molar-refractivity contribution in [3.05, 3.63) is 63.7 Å². The van der Waals surface area contributed by atoms with Crippen molar-refractivity contribution in [2.24, 2.45) is 5.41 Å². The molecule has 146 valence electrons. The summed E-state index contributed by atoms with van der Waals surface area (Å²) in [6, 6.07) is 13.3. The number of rotatable bonds is 5. The first-order valence-electron chi connectivity index (χ1n) is 10.2. The highest BCUT2D eigenvalue weighted by molar-refractivity contribution is 6.33. The van der Waals surface area contributed by atoms with Gasteiger partial charge in [0.15, 0.2) is 0 Å². The van der Waals surface area contributed by atoms with Gasteiger partial charge in [-0.1, -0.05) is 69.6 Å². The number of hydrogen-bond acceptors (Lipinski definition) is 2. The Balaban J connectivity index is 1.69. The lowest BCUT2D eigenvalue weighted by Crippen LogP contribution is -2.16. The number of anilines is 1. The van der Waals surface area contributed by atoms with E-state index in [9.17, 15) is 0 Å². The molecule has 2 aromatic rings. The van der Waals surface area contributed by atoms with E-state index in [-0.39, 0.29) is 0 Å². The monoisotopic (exact) mass is 384 g/mol. The van der Waals surface area contributed by atoms with Crippen LogP contribution in [-0.4, -0.2) is 13.1 Å². The Hall–Kier alpha value is -1.51. The zero-order chi connectivity index (χ0) is 19.4. The Morgan fingerprint density at radius 1 is 1.04 bits per heavy atom. The largest absolute Gasteiger partial charge is 0.380 e. The van der Waals surface area contributed by atoms with Gasteiger partial charge >= 0.3 is 0 Å². The van der Waals surface area contributed by atoms with Crippen molar-refractivity contribution in [3.63, 3.8) is 0 Å². The molecule has 0 spiro atoms. The number of fused-ring (bicyclic) bond motifs is 1. The van der Waals surface area contributed by atoms with Gasteiger partial charge in [-0.05, 0) is 72.0 Å². The molecule has 0 amide bonds. The third-order valence-corrected chi connectivity index (χ3v) is 5.73. The van der Waals surface area contributed by atoms with Gasteiger partial charge in [0, 0.05) is 6.54 Å². The highest BCUT2D eigenvalue weighted by Crippen LogP contribution is 2.32. The van der Waals surface area contributed by atoms with E-state index in [2.05, 4.69) is 68.7 Å². The maximum atomic E-state index is 6.53. The minimum Gasteiger partial charge on any atom is -0.380 e. The van der Waals surface area contributed by atoms with Crippen molar-refractivity contribution in [3.8, 4) is 0 Å². The molecule has 2 nitrogen and oxygen atoms in total. The number of benzene rings is 2. The van der Waals surface area contributed by atoms with Crippen LogP contribution in [0.4, 0.5) is 5.69 Å². The van der Waals surface area contributed by atoms with Crippen molar-refractivity contribution >= 4 is 17.3 Å². The van der Waals surface area contributed by atoms with Crippen molar-refractivity contribution in [1.82, 2.24) is 5.32 Å². The molecule has 0 fully saturated rings. The Bertz CT molecular complexity index is 759. The van der Waals surface area contributed by atoms with Crippen LogP contribution >= 0.6 is 11.6 Å². The van der Waals surface area contributed by atoms with Crippen LogP contribution in [0.15, 0.2) is 36.4 Å². The lowest BCUT2D eigenvalue weighted by molar-refractivity contribution is 0.349. The average molecular weight is 385 g/mol. The Morgan fingerprint density at radius 2 is 1.74 bits per heavy atom. The minimum atomic E-state index is 0.358. The van der Waals surface area contributed by atoms with Gasteiger partial charge in [0.05, 0.1) is 10.7 Å². The lowest BCUT2D eigenvalue weighted by Gasteiger charge is -2.23. The van der Waals surface area contributed by atoms with Gasteiger partial charge in [0.1, 0.15) is 0 Å². The molecular weight excluding hydrogens is 352 g/mol. The molecule has 0 saturated carbocycles. The zero-order valence-electron chi connectivity index (χ0n) is 17.2. The summed E-state index contributed by atoms with van der Waals surface area (Å²) in [7, 11) is 0. The predicted octanol–water partition coefficient (Wildman–Crippen LogP) is 6.18. The van der Waals surface area contributed by atoms with E-state index in [4.69, 9.17) is 11.6 Å². The van der Waals surface area contributed by atoms with Gasteiger partial charge in [0.25, 0.3) is 0 Å². The summed E-state index contributed by atoms with van der Waals surface area (Å²) in [4.78, 5) is 0. The molecule has 1 atom stereocenters. The van der Waals surface area contributed by atoms with Gasteiger partial charge in [-0.15, -0.1) is 0 Å². The molecule has 0 radical (unpaired) electrons. The van der Waals surface area contributed by atoms with E-state index in [1.807, 2.05) is 6.07 Å². The molecule has 0 aliphatic carbocycles. The third-order valence-electron chi connectivity index (χ3n) is 5.42. The van der Waals surface area contributed by atoms with Crippen LogP contribution < -0.4 is 10.6 Å². The fraction of sp³-hybridized carbons (Fsp3) is 0.500. The van der Waals surface area contributed by atoms with Gasteiger partial charge in [0.2, 0.25) is 0 Å². The molecule has 3 rings (SSSR count). The fourth-order valence-electron chi connectivity index (χ4n) is 4.13. The summed E-state index contributed by atoms with van der Waals surface area (Å²) >= 11 is 6.53. The topological polar surface area (TPSA) is 24.1 Å². The van der Waals surface area contributed by atoms with Gasteiger partial charge in [-0.25, -0.2) is 0 Å². The second-order valence-corrected chi connectivity index (χ2v) is 9.48. The van der Waals surface area contributed by atoms with Crippen LogP contribution in [0.3, 0.4) is 0 Å². The smallest absolute Gasteiger partial charge is 0.0640 e. The maximum Gasteiger partial charge on any atom is 0.0640 e. The summed E-state index contributed by atoms with van der Waals surface area (Å²) < 4.78 is 0. The molecule has 2 aromatic carbocycles. The SMILES string of the molecule is CC(CC(C)(C)C)c1ccc(CNc2c(Cl)ccc3c2CCNCC3)cc1. The Morgan fingerprint density at radius 3 is 2.44 bits per heavy atom. The Kier molecular flexibility index (Phi) is 6.49. The molecule has 1 aliphatic heterocycles.